The Kier molecular flexibility index (Phi) is 12.2. The first-order valence-electron chi connectivity index (χ1n) is 14.4. The first kappa shape index (κ1) is 34.9. The van der Waals surface area contributed by atoms with Crippen LogP contribution >= 0.6 is 0 Å². The van der Waals surface area contributed by atoms with Crippen LogP contribution in [0.25, 0.3) is 22.4 Å². The number of benzene rings is 1. The Morgan fingerprint density at radius 2 is 1.95 bits per heavy atom. The van der Waals surface area contributed by atoms with E-state index in [9.17, 15) is 23.3 Å². The third-order valence-electron chi connectivity index (χ3n) is 7.54. The average molecular weight is 640 g/mol. The number of quaternary nitrogens is 1. The molecule has 2 aromatic heterocycles. The van der Waals surface area contributed by atoms with Gasteiger partial charge in [-0.25, -0.2) is 29.1 Å². The highest BCUT2D eigenvalue weighted by Crippen LogP contribution is 2.34. The summed E-state index contributed by atoms with van der Waals surface area (Å²) in [5.41, 5.74) is 2.23. The van der Waals surface area contributed by atoms with Crippen molar-refractivity contribution in [3.05, 3.63) is 50.4 Å². The van der Waals surface area contributed by atoms with Crippen molar-refractivity contribution in [3.8, 4) is 17.1 Å². The molecule has 0 unspecified atom stereocenters. The van der Waals surface area contributed by atoms with Gasteiger partial charge < -0.3 is 19.5 Å². The van der Waals surface area contributed by atoms with Crippen molar-refractivity contribution in [3.63, 3.8) is 0 Å². The average Bonchev–Trinajstić information content (AvgIpc) is 3.36. The third-order valence-corrected chi connectivity index (χ3v) is 9.44. The summed E-state index contributed by atoms with van der Waals surface area (Å²) in [5.74, 6) is 0.270. The fraction of sp³-hybridized carbons (Fsp3) is 0.571. The highest BCUT2D eigenvalue weighted by Gasteiger charge is 2.37. The topological polar surface area (TPSA) is 196 Å². The number of ether oxygens (including phenoxy) is 1. The van der Waals surface area contributed by atoms with Crippen molar-refractivity contribution in [2.45, 2.75) is 77.8 Å². The fourth-order valence-corrected chi connectivity index (χ4v) is 6.93. The number of hydrogen-bond donors (Lipinski definition) is 3. The molecule has 15 nitrogen and oxygen atoms in total. The molecule has 1 fully saturated rings. The Morgan fingerprint density at radius 1 is 1.23 bits per heavy atom. The second kappa shape index (κ2) is 15.4. The maximum absolute atomic E-state index is 13.8. The number of fused-ring (bicyclic) bond motifs is 1. The lowest BCUT2D eigenvalue weighted by molar-refractivity contribution is -0.985. The van der Waals surface area contributed by atoms with Gasteiger partial charge in [-0.3, -0.25) is 4.79 Å². The SMILES string of the molecule is C.CCCOc1ccc(S(=O)(=O)N2CCC([C@@H](CO[NH2+][O-])O[N+](=O)O)CC2)cc1-c1nc2c(CCC)cn(CC)c2c(=O)[nH]1. The molecular weight excluding hydrogens is 596 g/mol. The Balaban J connectivity index is 0.00000529. The fourth-order valence-electron chi connectivity index (χ4n) is 5.43. The lowest BCUT2D eigenvalue weighted by atomic mass is 9.92. The number of aromatic nitrogens is 3. The maximum Gasteiger partial charge on any atom is 0.475 e. The second-order valence-electron chi connectivity index (χ2n) is 10.4. The molecule has 3 heterocycles. The van der Waals surface area contributed by atoms with E-state index in [-0.39, 0.29) is 55.0 Å². The van der Waals surface area contributed by atoms with Gasteiger partial charge in [-0.2, -0.15) is 9.14 Å². The van der Waals surface area contributed by atoms with Gasteiger partial charge in [0.25, 0.3) is 5.56 Å². The quantitative estimate of drug-likeness (QED) is 0.208. The molecule has 1 saturated heterocycles. The van der Waals surface area contributed by atoms with Crippen LogP contribution in [0, 0.1) is 16.0 Å². The minimum atomic E-state index is -3.98. The molecule has 0 spiro atoms. The van der Waals surface area contributed by atoms with Crippen LogP contribution in [-0.2, 0) is 32.7 Å². The van der Waals surface area contributed by atoms with Crippen LogP contribution in [0.2, 0.25) is 0 Å². The van der Waals surface area contributed by atoms with Crippen molar-refractivity contribution in [2.75, 3.05) is 26.3 Å². The predicted molar refractivity (Wildman–Crippen MR) is 161 cm³/mol. The van der Waals surface area contributed by atoms with Crippen LogP contribution in [-0.4, -0.2) is 70.0 Å². The number of hydrogen-bond acceptors (Lipinski definition) is 9. The van der Waals surface area contributed by atoms with E-state index < -0.39 is 21.2 Å². The van der Waals surface area contributed by atoms with E-state index in [1.165, 1.54) is 16.4 Å². The van der Waals surface area contributed by atoms with Crippen molar-refractivity contribution in [1.29, 1.82) is 0 Å². The van der Waals surface area contributed by atoms with Crippen LogP contribution in [0.1, 0.15) is 59.4 Å². The van der Waals surface area contributed by atoms with Crippen LogP contribution < -0.4 is 15.9 Å². The molecule has 0 saturated carbocycles. The standard InChI is InChI=1S/C27H38N6O9S.CH4/c1-4-7-19-16-31(6-3)25-24(19)28-26(29-27(25)34)21-15-20(8-9-22(21)40-14-5-2)43(38,39)32-12-10-18(11-13-32)23(17-41-30-35)42-33(36)37;/h8-9,15-16,18,23H,4-7,10-14,17,30H2,1-3H3,(H-,28,29,34,36,37);1H4/p+1/t23-;/m1./s1. The first-order valence-corrected chi connectivity index (χ1v) is 15.9. The monoisotopic (exact) mass is 639 g/mol. The van der Waals surface area contributed by atoms with Gasteiger partial charge in [0.1, 0.15) is 22.0 Å². The predicted octanol–water partition coefficient (Wildman–Crippen LogP) is 2.65. The van der Waals surface area contributed by atoms with Gasteiger partial charge in [-0.15, -0.1) is 0 Å². The second-order valence-corrected chi connectivity index (χ2v) is 12.3. The number of nitrogens with zero attached hydrogens (tertiary/aromatic N) is 4. The molecule has 1 aliphatic rings. The highest BCUT2D eigenvalue weighted by molar-refractivity contribution is 7.89. The van der Waals surface area contributed by atoms with Gasteiger partial charge in [0.15, 0.2) is 6.61 Å². The molecule has 16 heteroatoms. The zero-order chi connectivity index (χ0) is 31.1. The van der Waals surface area contributed by atoms with Gasteiger partial charge in [0.05, 0.1) is 22.6 Å². The summed E-state index contributed by atoms with van der Waals surface area (Å²) in [6.07, 6.45) is 3.93. The normalized spacial score (nSPS) is 15.2. The molecule has 0 radical (unpaired) electrons. The van der Waals surface area contributed by atoms with E-state index in [1.54, 1.807) is 6.07 Å². The smallest absolute Gasteiger partial charge is 0.475 e. The van der Waals surface area contributed by atoms with Crippen molar-refractivity contribution < 1.29 is 38.8 Å². The lowest BCUT2D eigenvalue weighted by Gasteiger charge is -2.32. The molecule has 1 aromatic carbocycles. The Morgan fingerprint density at radius 3 is 2.57 bits per heavy atom. The van der Waals surface area contributed by atoms with E-state index in [1.807, 2.05) is 31.5 Å². The Bertz CT molecular complexity index is 1580. The van der Waals surface area contributed by atoms with Crippen molar-refractivity contribution >= 4 is 21.1 Å². The molecule has 4 N–H and O–H groups in total. The number of H-pyrrole nitrogens is 1. The minimum Gasteiger partial charge on any atom is -0.601 e. The molecule has 1 atom stereocenters. The molecule has 0 bridgehead atoms. The molecular formula is C28H43N6O9S+. The van der Waals surface area contributed by atoms with Gasteiger partial charge in [0, 0.05) is 31.7 Å². The number of aromatic amines is 1. The Hall–Kier alpha value is -3.57. The summed E-state index contributed by atoms with van der Waals surface area (Å²) in [4.78, 5) is 41.5. The number of nitrogens with two attached hydrogens (primary N) is 1. The number of rotatable bonds is 15. The molecule has 44 heavy (non-hydrogen) atoms. The molecule has 3 aromatic rings. The van der Waals surface area contributed by atoms with Crippen LogP contribution in [0.4, 0.5) is 0 Å². The molecule has 4 rings (SSSR count). The van der Waals surface area contributed by atoms with Gasteiger partial charge in [-0.1, -0.05) is 27.7 Å². The van der Waals surface area contributed by atoms with E-state index >= 15 is 0 Å². The van der Waals surface area contributed by atoms with E-state index in [2.05, 4.69) is 4.98 Å². The summed E-state index contributed by atoms with van der Waals surface area (Å²) in [6.45, 7) is 6.89. The summed E-state index contributed by atoms with van der Waals surface area (Å²) in [6, 6.07) is 4.51. The van der Waals surface area contributed by atoms with Gasteiger partial charge in [0.2, 0.25) is 16.1 Å². The van der Waals surface area contributed by atoms with Gasteiger partial charge in [-0.05, 0) is 56.4 Å². The zero-order valence-corrected chi connectivity index (χ0v) is 25.3. The lowest BCUT2D eigenvalue weighted by Crippen LogP contribution is -2.77. The zero-order valence-electron chi connectivity index (χ0n) is 24.5. The summed E-state index contributed by atoms with van der Waals surface area (Å²) >= 11 is 0. The van der Waals surface area contributed by atoms with Crippen molar-refractivity contribution in [2.24, 2.45) is 5.92 Å². The van der Waals surface area contributed by atoms with Crippen molar-refractivity contribution in [1.82, 2.24) is 18.8 Å². The summed E-state index contributed by atoms with van der Waals surface area (Å²) in [5, 5.41) is 18.9. The van der Waals surface area contributed by atoms with E-state index in [0.717, 1.165) is 24.8 Å². The number of nitrogens with one attached hydrogen (secondary N) is 1. The molecule has 244 valence electrons. The highest BCUT2D eigenvalue weighted by atomic mass is 32.2. The molecule has 0 aliphatic carbocycles. The Labute approximate surface area is 256 Å². The first-order chi connectivity index (χ1) is 20.6. The number of piperidine rings is 1. The van der Waals surface area contributed by atoms with Gasteiger partial charge >= 0.3 is 5.09 Å². The summed E-state index contributed by atoms with van der Waals surface area (Å²) < 4.78 is 36.7. The van der Waals surface area contributed by atoms with Crippen LogP contribution in [0.3, 0.4) is 0 Å². The number of aryl methyl sites for hydroxylation is 2. The van der Waals surface area contributed by atoms with Crippen LogP contribution in [0.5, 0.6) is 5.75 Å². The van der Waals surface area contributed by atoms with Crippen LogP contribution in [0.15, 0.2) is 34.1 Å². The maximum atomic E-state index is 13.8. The third kappa shape index (κ3) is 7.55. The van der Waals surface area contributed by atoms with E-state index in [4.69, 9.17) is 24.6 Å². The molecule has 1 aliphatic heterocycles. The number of sulfonamides is 1. The van der Waals surface area contributed by atoms with E-state index in [0.29, 0.717) is 48.3 Å². The largest absolute Gasteiger partial charge is 0.601 e. The minimum absolute atomic E-state index is 0. The summed E-state index contributed by atoms with van der Waals surface area (Å²) in [7, 11) is -3.98. The molecule has 0 amide bonds.